The first-order chi connectivity index (χ1) is 18.4. The fraction of sp³-hybridized carbons (Fsp3) is 0.192. The Morgan fingerprint density at radius 1 is 0.795 bits per heavy atom. The number of amidine groups is 1. The zero-order chi connectivity index (χ0) is 28.1. The van der Waals surface area contributed by atoms with Crippen molar-refractivity contribution >= 4 is 28.9 Å². The van der Waals surface area contributed by atoms with Gasteiger partial charge >= 0.3 is 12.4 Å². The molecule has 5 rings (SSSR count). The van der Waals surface area contributed by atoms with Gasteiger partial charge in [0.2, 0.25) is 0 Å². The van der Waals surface area contributed by atoms with Crippen molar-refractivity contribution < 1.29 is 26.3 Å². The topological polar surface area (TPSA) is 97.5 Å². The van der Waals surface area contributed by atoms with Crippen molar-refractivity contribution in [3.05, 3.63) is 86.7 Å². The Hall–Kier alpha value is -4.91. The summed E-state index contributed by atoms with van der Waals surface area (Å²) in [6.07, 6.45) is -8.61. The number of anilines is 1. The second-order valence-corrected chi connectivity index (χ2v) is 8.64. The lowest BCUT2D eigenvalue weighted by atomic mass is 9.97. The van der Waals surface area contributed by atoms with E-state index in [1.807, 2.05) is 6.07 Å². The lowest BCUT2D eigenvalue weighted by Gasteiger charge is -2.26. The van der Waals surface area contributed by atoms with E-state index in [2.05, 4.69) is 9.98 Å². The molecule has 7 nitrogen and oxygen atoms in total. The van der Waals surface area contributed by atoms with Crippen LogP contribution in [0.15, 0.2) is 63.3 Å². The average molecular weight is 540 g/mol. The van der Waals surface area contributed by atoms with Crippen molar-refractivity contribution in [2.45, 2.75) is 25.2 Å². The van der Waals surface area contributed by atoms with Gasteiger partial charge < -0.3 is 4.90 Å². The molecule has 0 amide bonds. The van der Waals surface area contributed by atoms with E-state index in [-0.39, 0.29) is 41.0 Å². The summed E-state index contributed by atoms with van der Waals surface area (Å²) in [6.45, 7) is 0.225. The summed E-state index contributed by atoms with van der Waals surface area (Å²) in [5.74, 6) is -0.238. The molecule has 2 aromatic carbocycles. The first-order valence-corrected chi connectivity index (χ1v) is 11.4. The highest BCUT2D eigenvalue weighted by Gasteiger charge is 2.40. The van der Waals surface area contributed by atoms with Crippen molar-refractivity contribution in [3.63, 3.8) is 0 Å². The number of aliphatic imine (C=N–C) groups is 2. The van der Waals surface area contributed by atoms with Gasteiger partial charge in [-0.25, -0.2) is 14.6 Å². The molecule has 2 aliphatic rings. The molecule has 1 aromatic heterocycles. The Bertz CT molecular complexity index is 1720. The molecule has 0 saturated heterocycles. The summed E-state index contributed by atoms with van der Waals surface area (Å²) < 4.78 is 81.0. The average Bonchev–Trinajstić information content (AvgIpc) is 3.19. The molecule has 0 spiro atoms. The van der Waals surface area contributed by atoms with Crippen LogP contribution in [0, 0.1) is 22.7 Å². The minimum absolute atomic E-state index is 0.108. The van der Waals surface area contributed by atoms with Gasteiger partial charge in [0.25, 0.3) is 5.56 Å². The third-order valence-electron chi connectivity index (χ3n) is 6.22. The van der Waals surface area contributed by atoms with Crippen LogP contribution in [0.1, 0.15) is 34.2 Å². The van der Waals surface area contributed by atoms with Gasteiger partial charge in [-0.3, -0.25) is 4.79 Å². The fourth-order valence-electron chi connectivity index (χ4n) is 4.56. The van der Waals surface area contributed by atoms with Crippen LogP contribution in [-0.2, 0) is 18.8 Å². The summed E-state index contributed by atoms with van der Waals surface area (Å²) in [7, 11) is 0. The maximum Gasteiger partial charge on any atom is 0.416 e. The number of alkyl halides is 6. The summed E-state index contributed by atoms with van der Waals surface area (Å²) in [5.41, 5.74) is -3.57. The lowest BCUT2D eigenvalue weighted by Crippen LogP contribution is -2.34. The summed E-state index contributed by atoms with van der Waals surface area (Å²) in [6, 6.07) is 11.6. The minimum Gasteiger partial charge on any atom is -0.309 e. The van der Waals surface area contributed by atoms with Crippen LogP contribution in [0.2, 0.25) is 0 Å². The predicted molar refractivity (Wildman–Crippen MR) is 128 cm³/mol. The van der Waals surface area contributed by atoms with Gasteiger partial charge in [0.1, 0.15) is 23.5 Å². The highest BCUT2D eigenvalue weighted by atomic mass is 19.4. The van der Waals surface area contributed by atoms with Gasteiger partial charge in [-0.05, 0) is 49.2 Å². The SMILES string of the molecule is N#Cc1c2c3n(c(=O)c1C#N)C(=Nc1cccc(C(F)(F)F)c1)C(=Nc1cccc(C(F)(F)F)c1)N3CCC2. The lowest BCUT2D eigenvalue weighted by molar-refractivity contribution is -0.138. The minimum atomic E-state index is -4.69. The summed E-state index contributed by atoms with van der Waals surface area (Å²) in [5, 5.41) is 19.3. The number of nitrogens with zero attached hydrogens (tertiary/aromatic N) is 6. The highest BCUT2D eigenvalue weighted by Crippen LogP contribution is 2.38. The van der Waals surface area contributed by atoms with Crippen LogP contribution in [0.3, 0.4) is 0 Å². The molecule has 0 bridgehead atoms. The van der Waals surface area contributed by atoms with Crippen molar-refractivity contribution in [3.8, 4) is 12.1 Å². The number of aromatic nitrogens is 1. The number of pyridine rings is 1. The third-order valence-corrected chi connectivity index (χ3v) is 6.22. The molecule has 0 aliphatic carbocycles. The van der Waals surface area contributed by atoms with Crippen LogP contribution in [-0.4, -0.2) is 22.8 Å². The van der Waals surface area contributed by atoms with E-state index < -0.39 is 34.6 Å². The molecule has 0 atom stereocenters. The highest BCUT2D eigenvalue weighted by molar-refractivity contribution is 6.50. The molecule has 0 fully saturated rings. The number of nitriles is 2. The van der Waals surface area contributed by atoms with Crippen LogP contribution in [0.4, 0.5) is 43.5 Å². The van der Waals surface area contributed by atoms with E-state index in [4.69, 9.17) is 0 Å². The van der Waals surface area contributed by atoms with Gasteiger partial charge in [0.05, 0.1) is 28.1 Å². The molecule has 3 heterocycles. The van der Waals surface area contributed by atoms with Crippen molar-refractivity contribution in [2.75, 3.05) is 11.4 Å². The van der Waals surface area contributed by atoms with Gasteiger partial charge in [-0.15, -0.1) is 0 Å². The van der Waals surface area contributed by atoms with Gasteiger partial charge in [0, 0.05) is 12.1 Å². The second kappa shape index (κ2) is 9.13. The number of hydrogen-bond donors (Lipinski definition) is 0. The third kappa shape index (κ3) is 4.42. The Morgan fingerprint density at radius 2 is 1.33 bits per heavy atom. The van der Waals surface area contributed by atoms with E-state index >= 15 is 0 Å². The van der Waals surface area contributed by atoms with E-state index in [1.54, 1.807) is 6.07 Å². The molecule has 39 heavy (non-hydrogen) atoms. The normalized spacial score (nSPS) is 16.8. The standard InChI is InChI=1S/C26H14F6N6O/c27-25(28,29)14-4-1-6-16(10-14)35-21-22(36-17-7-2-5-15(11-17)26(30,31)32)38-23-18(8-3-9-37(21)23)19(12-33)20(13-34)24(38)39/h1-2,4-7,10-11H,3,8-9H2. The molecular weight excluding hydrogens is 526 g/mol. The van der Waals surface area contributed by atoms with Crippen molar-refractivity contribution in [1.82, 2.24) is 4.57 Å². The van der Waals surface area contributed by atoms with Gasteiger partial charge in [-0.1, -0.05) is 12.1 Å². The first kappa shape index (κ1) is 25.7. The van der Waals surface area contributed by atoms with E-state index in [0.717, 1.165) is 41.0 Å². The molecule has 0 saturated carbocycles. The van der Waals surface area contributed by atoms with Crippen LogP contribution < -0.4 is 10.5 Å². The first-order valence-electron chi connectivity index (χ1n) is 11.4. The Morgan fingerprint density at radius 3 is 1.85 bits per heavy atom. The quantitative estimate of drug-likeness (QED) is 0.389. The summed E-state index contributed by atoms with van der Waals surface area (Å²) >= 11 is 0. The monoisotopic (exact) mass is 540 g/mol. The Kier molecular flexibility index (Phi) is 6.02. The summed E-state index contributed by atoms with van der Waals surface area (Å²) in [4.78, 5) is 23.5. The largest absolute Gasteiger partial charge is 0.416 e. The fourth-order valence-corrected chi connectivity index (χ4v) is 4.56. The number of hydrogen-bond acceptors (Lipinski definition) is 5. The molecule has 196 valence electrons. The molecule has 3 aromatic rings. The maximum atomic E-state index is 13.4. The smallest absolute Gasteiger partial charge is 0.309 e. The number of benzene rings is 2. The molecule has 13 heteroatoms. The van der Waals surface area contributed by atoms with Gasteiger partial charge in [-0.2, -0.15) is 36.9 Å². The van der Waals surface area contributed by atoms with E-state index in [9.17, 15) is 41.7 Å². The number of halogens is 6. The molecule has 0 N–H and O–H groups in total. The zero-order valence-corrected chi connectivity index (χ0v) is 19.6. The Labute approximate surface area is 216 Å². The van der Waals surface area contributed by atoms with Crippen LogP contribution in [0.25, 0.3) is 0 Å². The second-order valence-electron chi connectivity index (χ2n) is 8.64. The molecule has 0 radical (unpaired) electrons. The predicted octanol–water partition coefficient (Wildman–Crippen LogP) is 5.70. The molecule has 2 aliphatic heterocycles. The maximum absolute atomic E-state index is 13.4. The van der Waals surface area contributed by atoms with E-state index in [0.29, 0.717) is 18.4 Å². The van der Waals surface area contributed by atoms with Crippen LogP contribution >= 0.6 is 0 Å². The van der Waals surface area contributed by atoms with E-state index in [1.165, 1.54) is 17.0 Å². The van der Waals surface area contributed by atoms with Gasteiger partial charge in [0.15, 0.2) is 11.7 Å². The Balaban J connectivity index is 1.82. The van der Waals surface area contributed by atoms with Crippen LogP contribution in [0.5, 0.6) is 0 Å². The molecular formula is C26H14F6N6O. The zero-order valence-electron chi connectivity index (χ0n) is 19.6. The van der Waals surface area contributed by atoms with Crippen molar-refractivity contribution in [1.29, 1.82) is 10.5 Å². The van der Waals surface area contributed by atoms with Crippen molar-refractivity contribution in [2.24, 2.45) is 9.98 Å². The number of rotatable bonds is 2. The molecule has 0 unspecified atom stereocenters.